The summed E-state index contributed by atoms with van der Waals surface area (Å²) in [6.07, 6.45) is 1.19. The fraction of sp³-hybridized carbons (Fsp3) is 0.0833. The van der Waals surface area contributed by atoms with Gasteiger partial charge in [0.05, 0.1) is 47.6 Å². The molecule has 0 saturated carbocycles. The van der Waals surface area contributed by atoms with Crippen LogP contribution >= 0.6 is 39.1 Å². The molecule has 0 spiro atoms. The molecule has 17 heteroatoms. The zero-order valence-corrected chi connectivity index (χ0v) is 23.5. The van der Waals surface area contributed by atoms with Gasteiger partial charge in [0, 0.05) is 18.2 Å². The highest BCUT2D eigenvalue weighted by Crippen LogP contribution is 2.43. The van der Waals surface area contributed by atoms with Gasteiger partial charge in [0.1, 0.15) is 11.6 Å². The van der Waals surface area contributed by atoms with Crippen molar-refractivity contribution in [2.45, 2.75) is 6.92 Å². The largest absolute Gasteiger partial charge is 0.490 e. The molecule has 3 aromatic carbocycles. The third kappa shape index (κ3) is 7.25. The molecule has 0 aliphatic rings. The van der Waals surface area contributed by atoms with Crippen LogP contribution in [0.3, 0.4) is 0 Å². The van der Waals surface area contributed by atoms with Crippen molar-refractivity contribution in [3.05, 3.63) is 98.5 Å². The maximum atomic E-state index is 12.8. The number of carbonyl (C=O) groups is 1. The van der Waals surface area contributed by atoms with Crippen LogP contribution in [-0.4, -0.2) is 27.3 Å². The zero-order chi connectivity index (χ0) is 30.4. The number of anilines is 1. The maximum absolute atomic E-state index is 12.8. The lowest BCUT2D eigenvalue weighted by Crippen LogP contribution is -2.14. The van der Waals surface area contributed by atoms with E-state index < -0.39 is 43.3 Å². The van der Waals surface area contributed by atoms with Gasteiger partial charge in [-0.1, -0.05) is 23.2 Å². The molecule has 3 aromatic rings. The van der Waals surface area contributed by atoms with Gasteiger partial charge >= 0.3 is 5.69 Å². The minimum Gasteiger partial charge on any atom is -0.490 e. The molecule has 0 heterocycles. The third-order valence-electron chi connectivity index (χ3n) is 5.05. The molecule has 14 nitrogen and oxygen atoms in total. The van der Waals surface area contributed by atoms with Crippen molar-refractivity contribution >= 4 is 73.9 Å². The maximum Gasteiger partial charge on any atom is 0.318 e. The number of non-ortho nitro benzene ring substituents is 2. The standard InChI is InChI=1S/C24H14BrCl2N5O9/c1-2-40-21-7-12(5-13(11-28)24(33)29-22-17(26)8-15(31(36)37)9-18(22)27)6-16(25)23(21)41-20-4-3-14(30(34)35)10-19(20)32(38)39/h3-10H,2H2,1H3,(H,29,33)/b13-5+. The van der Waals surface area contributed by atoms with E-state index in [1.165, 1.54) is 18.2 Å². The molecule has 0 unspecified atom stereocenters. The Hall–Kier alpha value is -4.78. The number of nitrogens with one attached hydrogen (secondary N) is 1. The predicted octanol–water partition coefficient (Wildman–Crippen LogP) is 7.22. The summed E-state index contributed by atoms with van der Waals surface area (Å²) < 4.78 is 11.5. The summed E-state index contributed by atoms with van der Waals surface area (Å²) in [7, 11) is 0. The molecule has 210 valence electrons. The lowest BCUT2D eigenvalue weighted by atomic mass is 10.1. The number of halogens is 3. The molecule has 0 radical (unpaired) electrons. The fourth-order valence-electron chi connectivity index (χ4n) is 3.27. The van der Waals surface area contributed by atoms with Gasteiger partial charge in [-0.25, -0.2) is 0 Å². The normalized spacial score (nSPS) is 10.9. The average Bonchev–Trinajstić information content (AvgIpc) is 2.90. The van der Waals surface area contributed by atoms with Gasteiger partial charge in [0.25, 0.3) is 17.3 Å². The summed E-state index contributed by atoms with van der Waals surface area (Å²) in [5, 5.41) is 45.0. The fourth-order valence-corrected chi connectivity index (χ4v) is 4.38. The highest BCUT2D eigenvalue weighted by Gasteiger charge is 2.24. The van der Waals surface area contributed by atoms with Crippen molar-refractivity contribution in [2.24, 2.45) is 0 Å². The first-order chi connectivity index (χ1) is 19.4. The molecule has 41 heavy (non-hydrogen) atoms. The van der Waals surface area contributed by atoms with E-state index in [0.29, 0.717) is 0 Å². The van der Waals surface area contributed by atoms with E-state index in [1.54, 1.807) is 13.0 Å². The smallest absolute Gasteiger partial charge is 0.318 e. The van der Waals surface area contributed by atoms with E-state index in [2.05, 4.69) is 21.2 Å². The number of amides is 1. The minimum absolute atomic E-state index is 0.0200. The number of nitro benzene ring substituents is 3. The molecule has 3 rings (SSSR count). The Morgan fingerprint density at radius 3 is 2.17 bits per heavy atom. The quantitative estimate of drug-likeness (QED) is 0.0996. The lowest BCUT2D eigenvalue weighted by molar-refractivity contribution is -0.394. The number of hydrogen-bond acceptors (Lipinski definition) is 10. The lowest BCUT2D eigenvalue weighted by Gasteiger charge is -2.15. The Bertz CT molecular complexity index is 1650. The Morgan fingerprint density at radius 1 is 1.00 bits per heavy atom. The average molecular weight is 667 g/mol. The molecular formula is C24H14BrCl2N5O9. The molecule has 0 aliphatic heterocycles. The third-order valence-corrected chi connectivity index (χ3v) is 6.23. The van der Waals surface area contributed by atoms with Crippen LogP contribution in [0.25, 0.3) is 6.08 Å². The van der Waals surface area contributed by atoms with Crippen LogP contribution in [0, 0.1) is 41.7 Å². The van der Waals surface area contributed by atoms with Crippen LogP contribution in [0.2, 0.25) is 10.0 Å². The van der Waals surface area contributed by atoms with Gasteiger partial charge in [-0.05, 0) is 52.7 Å². The van der Waals surface area contributed by atoms with E-state index in [-0.39, 0.29) is 49.6 Å². The zero-order valence-electron chi connectivity index (χ0n) is 20.4. The number of nitriles is 1. The first-order valence-corrected chi connectivity index (χ1v) is 12.5. The molecular weight excluding hydrogens is 653 g/mol. The summed E-state index contributed by atoms with van der Waals surface area (Å²) in [4.78, 5) is 44.0. The number of carbonyl (C=O) groups excluding carboxylic acids is 1. The molecule has 1 amide bonds. The summed E-state index contributed by atoms with van der Waals surface area (Å²) >= 11 is 15.3. The van der Waals surface area contributed by atoms with Gasteiger partial charge in [-0.2, -0.15) is 5.26 Å². The van der Waals surface area contributed by atoms with E-state index in [9.17, 15) is 40.4 Å². The number of ether oxygens (including phenoxy) is 2. The topological polar surface area (TPSA) is 201 Å². The van der Waals surface area contributed by atoms with Gasteiger partial charge in [0.15, 0.2) is 11.5 Å². The van der Waals surface area contributed by atoms with Crippen molar-refractivity contribution in [2.75, 3.05) is 11.9 Å². The van der Waals surface area contributed by atoms with Gasteiger partial charge in [-0.15, -0.1) is 0 Å². The highest BCUT2D eigenvalue weighted by molar-refractivity contribution is 9.10. The summed E-state index contributed by atoms with van der Waals surface area (Å²) in [5.74, 6) is -1.20. The van der Waals surface area contributed by atoms with Gasteiger partial charge in [0.2, 0.25) is 5.75 Å². The van der Waals surface area contributed by atoms with Crippen molar-refractivity contribution in [3.8, 4) is 23.3 Å². The van der Waals surface area contributed by atoms with Crippen molar-refractivity contribution in [1.82, 2.24) is 0 Å². The molecule has 0 fully saturated rings. The minimum atomic E-state index is -0.930. The number of benzene rings is 3. The molecule has 1 N–H and O–H groups in total. The molecule has 0 bridgehead atoms. The highest BCUT2D eigenvalue weighted by atomic mass is 79.9. The number of rotatable bonds is 10. The van der Waals surface area contributed by atoms with Crippen LogP contribution in [-0.2, 0) is 4.79 Å². The van der Waals surface area contributed by atoms with Crippen molar-refractivity contribution < 1.29 is 29.0 Å². The van der Waals surface area contributed by atoms with Gasteiger partial charge < -0.3 is 14.8 Å². The number of nitrogens with zero attached hydrogens (tertiary/aromatic N) is 4. The molecule has 0 saturated heterocycles. The second-order valence-electron chi connectivity index (χ2n) is 7.70. The van der Waals surface area contributed by atoms with E-state index >= 15 is 0 Å². The first kappa shape index (κ1) is 30.8. The first-order valence-electron chi connectivity index (χ1n) is 11.0. The second-order valence-corrected chi connectivity index (χ2v) is 9.37. The summed E-state index contributed by atoms with van der Waals surface area (Å²) in [6.45, 7) is 1.78. The summed E-state index contributed by atoms with van der Waals surface area (Å²) in [5.41, 5.74) is -1.86. The monoisotopic (exact) mass is 665 g/mol. The Labute approximate surface area is 248 Å². The van der Waals surface area contributed by atoms with Crippen LogP contribution in [0.5, 0.6) is 17.2 Å². The second kappa shape index (κ2) is 13.0. The van der Waals surface area contributed by atoms with Crippen LogP contribution in [0.4, 0.5) is 22.7 Å². The SMILES string of the molecule is CCOc1cc(/C=C(\C#N)C(=O)Nc2c(Cl)cc([N+](=O)[O-])cc2Cl)cc(Br)c1Oc1ccc([N+](=O)[O-])cc1[N+](=O)[O-]. The molecule has 0 aliphatic carbocycles. The molecule has 0 atom stereocenters. The summed E-state index contributed by atoms with van der Waals surface area (Å²) in [6, 6.07) is 9.37. The number of hydrogen-bond donors (Lipinski definition) is 1. The Balaban J connectivity index is 1.99. The van der Waals surface area contributed by atoms with Crippen molar-refractivity contribution in [1.29, 1.82) is 5.26 Å². The van der Waals surface area contributed by atoms with Gasteiger partial charge in [-0.3, -0.25) is 35.1 Å². The predicted molar refractivity (Wildman–Crippen MR) is 150 cm³/mol. The van der Waals surface area contributed by atoms with Crippen LogP contribution in [0.1, 0.15) is 12.5 Å². The Morgan fingerprint density at radius 2 is 1.63 bits per heavy atom. The van der Waals surface area contributed by atoms with Crippen LogP contribution < -0.4 is 14.8 Å². The number of nitro groups is 3. The van der Waals surface area contributed by atoms with E-state index in [1.807, 2.05) is 0 Å². The van der Waals surface area contributed by atoms with E-state index in [4.69, 9.17) is 32.7 Å². The van der Waals surface area contributed by atoms with Crippen molar-refractivity contribution in [3.63, 3.8) is 0 Å². The Kier molecular flexibility index (Phi) is 9.79. The van der Waals surface area contributed by atoms with Crippen LogP contribution in [0.15, 0.2) is 52.5 Å². The molecule has 0 aromatic heterocycles. The van der Waals surface area contributed by atoms with E-state index in [0.717, 1.165) is 30.3 Å².